The molecule has 5 heteroatoms. The fourth-order valence-corrected chi connectivity index (χ4v) is 2.03. The van der Waals surface area contributed by atoms with E-state index in [2.05, 4.69) is 5.32 Å². The second-order valence-electron chi connectivity index (χ2n) is 5.26. The predicted molar refractivity (Wildman–Crippen MR) is 75.9 cm³/mol. The Morgan fingerprint density at radius 2 is 2.05 bits per heavy atom. The van der Waals surface area contributed by atoms with E-state index in [9.17, 15) is 9.59 Å². The summed E-state index contributed by atoms with van der Waals surface area (Å²) >= 11 is 0. The molecule has 1 aromatic rings. The van der Waals surface area contributed by atoms with Crippen molar-refractivity contribution in [3.63, 3.8) is 0 Å². The molecule has 20 heavy (non-hydrogen) atoms. The number of hydrogen-bond acceptors (Lipinski definition) is 2. The number of likely N-dealkylation sites (N-methyl/N-ethyl adjacent to an activating group) is 1. The number of amides is 2. The number of carbonyl (C=O) groups excluding carboxylic acids is 1. The average molecular weight is 276 g/mol. The minimum Gasteiger partial charge on any atom is -0.478 e. The van der Waals surface area contributed by atoms with Crippen LogP contribution < -0.4 is 5.32 Å². The fourth-order valence-electron chi connectivity index (χ4n) is 2.03. The summed E-state index contributed by atoms with van der Waals surface area (Å²) in [5.74, 6) is -0.276. The van der Waals surface area contributed by atoms with E-state index in [-0.39, 0.29) is 6.03 Å². The van der Waals surface area contributed by atoms with Crippen LogP contribution in [0.5, 0.6) is 0 Å². The summed E-state index contributed by atoms with van der Waals surface area (Å²) in [6.07, 6.45) is 2.95. The van der Waals surface area contributed by atoms with E-state index in [0.717, 1.165) is 12.1 Å². The molecule has 5 nitrogen and oxygen atoms in total. The highest BCUT2D eigenvalue weighted by Gasteiger charge is 2.22. The zero-order valence-corrected chi connectivity index (χ0v) is 11.6. The van der Waals surface area contributed by atoms with Crippen molar-refractivity contribution >= 4 is 12.0 Å². The van der Waals surface area contributed by atoms with Gasteiger partial charge in [-0.25, -0.2) is 9.59 Å². The first-order valence-corrected chi connectivity index (χ1v) is 6.88. The minimum atomic E-state index is -0.929. The van der Waals surface area contributed by atoms with Gasteiger partial charge in [0.05, 0.1) is 5.56 Å². The topological polar surface area (TPSA) is 69.6 Å². The van der Waals surface area contributed by atoms with Crippen LogP contribution in [0.3, 0.4) is 0 Å². The maximum absolute atomic E-state index is 11.8. The van der Waals surface area contributed by atoms with Crippen molar-refractivity contribution in [1.82, 2.24) is 10.2 Å². The van der Waals surface area contributed by atoms with Gasteiger partial charge in [0.25, 0.3) is 0 Å². The van der Waals surface area contributed by atoms with Crippen LogP contribution in [0, 0.1) is 5.92 Å². The monoisotopic (exact) mass is 276 g/mol. The zero-order chi connectivity index (χ0) is 14.5. The molecule has 2 rings (SSSR count). The normalized spacial score (nSPS) is 13.8. The Morgan fingerprint density at radius 3 is 2.70 bits per heavy atom. The first kappa shape index (κ1) is 14.4. The second kappa shape index (κ2) is 6.41. The van der Waals surface area contributed by atoms with Gasteiger partial charge in [-0.1, -0.05) is 18.2 Å². The summed E-state index contributed by atoms with van der Waals surface area (Å²) in [5.41, 5.74) is 1.06. The van der Waals surface area contributed by atoms with Crippen molar-refractivity contribution in [3.8, 4) is 0 Å². The SMILES string of the molecule is CN(CCc1ccccc1C(=O)O)C(=O)NCC1CC1. The lowest BCUT2D eigenvalue weighted by Crippen LogP contribution is -2.39. The number of carbonyl (C=O) groups is 2. The van der Waals surface area contributed by atoms with Crippen LogP contribution >= 0.6 is 0 Å². The Labute approximate surface area is 118 Å². The highest BCUT2D eigenvalue weighted by molar-refractivity contribution is 5.89. The van der Waals surface area contributed by atoms with E-state index in [1.165, 1.54) is 12.8 Å². The van der Waals surface area contributed by atoms with E-state index < -0.39 is 5.97 Å². The highest BCUT2D eigenvalue weighted by atomic mass is 16.4. The molecule has 2 N–H and O–H groups in total. The largest absolute Gasteiger partial charge is 0.478 e. The van der Waals surface area contributed by atoms with Gasteiger partial charge in [-0.2, -0.15) is 0 Å². The number of hydrogen-bond donors (Lipinski definition) is 2. The van der Waals surface area contributed by atoms with Crippen LogP contribution in [0.15, 0.2) is 24.3 Å². The molecule has 2 amide bonds. The quantitative estimate of drug-likeness (QED) is 0.834. The molecule has 0 aromatic heterocycles. The van der Waals surface area contributed by atoms with Crippen molar-refractivity contribution in [2.24, 2.45) is 5.92 Å². The van der Waals surface area contributed by atoms with Crippen LogP contribution in [0.2, 0.25) is 0 Å². The Kier molecular flexibility index (Phi) is 4.61. The number of carboxylic acids is 1. The lowest BCUT2D eigenvalue weighted by atomic mass is 10.0. The van der Waals surface area contributed by atoms with Crippen molar-refractivity contribution in [3.05, 3.63) is 35.4 Å². The Balaban J connectivity index is 1.84. The van der Waals surface area contributed by atoms with Crippen molar-refractivity contribution in [2.45, 2.75) is 19.3 Å². The molecule has 0 bridgehead atoms. The van der Waals surface area contributed by atoms with Gasteiger partial charge in [0.1, 0.15) is 0 Å². The lowest BCUT2D eigenvalue weighted by Gasteiger charge is -2.18. The third-order valence-electron chi connectivity index (χ3n) is 3.55. The molecule has 0 saturated heterocycles. The number of rotatable bonds is 6. The predicted octanol–water partition coefficient (Wildman–Crippen LogP) is 1.98. The number of benzene rings is 1. The Bertz CT molecular complexity index is 498. The van der Waals surface area contributed by atoms with Gasteiger partial charge in [0.15, 0.2) is 0 Å². The number of urea groups is 1. The summed E-state index contributed by atoms with van der Waals surface area (Å²) in [7, 11) is 1.73. The maximum Gasteiger partial charge on any atom is 0.335 e. The van der Waals surface area contributed by atoms with Crippen LogP contribution in [-0.4, -0.2) is 42.1 Å². The first-order valence-electron chi connectivity index (χ1n) is 6.88. The molecular formula is C15H20N2O3. The fraction of sp³-hybridized carbons (Fsp3) is 0.467. The van der Waals surface area contributed by atoms with Crippen LogP contribution in [0.25, 0.3) is 0 Å². The van der Waals surface area contributed by atoms with E-state index in [4.69, 9.17) is 5.11 Å². The summed E-state index contributed by atoms with van der Waals surface area (Å²) in [5, 5.41) is 12.0. The molecule has 1 aromatic carbocycles. The molecular weight excluding hydrogens is 256 g/mol. The van der Waals surface area contributed by atoms with E-state index in [1.54, 1.807) is 30.1 Å². The summed E-state index contributed by atoms with van der Waals surface area (Å²) in [4.78, 5) is 24.5. The van der Waals surface area contributed by atoms with Gasteiger partial charge in [-0.05, 0) is 36.8 Å². The van der Waals surface area contributed by atoms with Crippen molar-refractivity contribution < 1.29 is 14.7 Å². The van der Waals surface area contributed by atoms with Crippen LogP contribution in [0.1, 0.15) is 28.8 Å². The highest BCUT2D eigenvalue weighted by Crippen LogP contribution is 2.27. The molecule has 1 fully saturated rings. The molecule has 108 valence electrons. The Hall–Kier alpha value is -2.04. The number of nitrogens with zero attached hydrogens (tertiary/aromatic N) is 1. The molecule has 1 aliphatic rings. The van der Waals surface area contributed by atoms with Gasteiger partial charge in [-0.3, -0.25) is 0 Å². The standard InChI is InChI=1S/C15H20N2O3/c1-17(15(20)16-10-11-6-7-11)9-8-12-4-2-3-5-13(12)14(18)19/h2-5,11H,6-10H2,1H3,(H,16,20)(H,18,19). The van der Waals surface area contributed by atoms with Gasteiger partial charge in [-0.15, -0.1) is 0 Å². The summed E-state index contributed by atoms with van der Waals surface area (Å²) in [6.45, 7) is 1.25. The number of aromatic carboxylic acids is 1. The molecule has 0 spiro atoms. The van der Waals surface area contributed by atoms with Gasteiger partial charge in [0.2, 0.25) is 0 Å². The molecule has 1 saturated carbocycles. The molecule has 0 radical (unpaired) electrons. The van der Waals surface area contributed by atoms with Gasteiger partial charge < -0.3 is 15.3 Å². The molecule has 1 aliphatic carbocycles. The summed E-state index contributed by atoms with van der Waals surface area (Å²) in [6, 6.07) is 6.81. The third-order valence-corrected chi connectivity index (χ3v) is 3.55. The van der Waals surface area contributed by atoms with E-state index in [1.807, 2.05) is 6.07 Å². The van der Waals surface area contributed by atoms with E-state index >= 15 is 0 Å². The number of nitrogens with one attached hydrogen (secondary N) is 1. The number of carboxylic acid groups (broad SMARTS) is 1. The third kappa shape index (κ3) is 3.98. The molecule has 0 aliphatic heterocycles. The van der Waals surface area contributed by atoms with Crippen molar-refractivity contribution in [1.29, 1.82) is 0 Å². The zero-order valence-electron chi connectivity index (χ0n) is 11.6. The van der Waals surface area contributed by atoms with Crippen LogP contribution in [-0.2, 0) is 6.42 Å². The van der Waals surface area contributed by atoms with Gasteiger partial charge in [0, 0.05) is 20.1 Å². The average Bonchev–Trinajstić information content (AvgIpc) is 3.26. The van der Waals surface area contributed by atoms with E-state index in [0.29, 0.717) is 24.4 Å². The smallest absolute Gasteiger partial charge is 0.335 e. The molecule has 0 unspecified atom stereocenters. The lowest BCUT2D eigenvalue weighted by molar-refractivity contribution is 0.0695. The van der Waals surface area contributed by atoms with Crippen LogP contribution in [0.4, 0.5) is 4.79 Å². The first-order chi connectivity index (χ1) is 9.58. The molecule has 0 atom stereocenters. The van der Waals surface area contributed by atoms with Crippen molar-refractivity contribution in [2.75, 3.05) is 20.1 Å². The second-order valence-corrected chi connectivity index (χ2v) is 5.26. The van der Waals surface area contributed by atoms with Gasteiger partial charge >= 0.3 is 12.0 Å². The molecule has 0 heterocycles. The minimum absolute atomic E-state index is 0.0929. The summed E-state index contributed by atoms with van der Waals surface area (Å²) < 4.78 is 0. The Morgan fingerprint density at radius 1 is 1.35 bits per heavy atom. The maximum atomic E-state index is 11.8.